The van der Waals surface area contributed by atoms with Crippen molar-refractivity contribution >= 4 is 10.0 Å². The lowest BCUT2D eigenvalue weighted by atomic mass is 10.1. The molecule has 0 heterocycles. The maximum absolute atomic E-state index is 13.3. The summed E-state index contributed by atoms with van der Waals surface area (Å²) in [6.45, 7) is 2.15. The summed E-state index contributed by atoms with van der Waals surface area (Å²) in [5.74, 6) is -0.578. The zero-order valence-corrected chi connectivity index (χ0v) is 13.3. The minimum atomic E-state index is -3.77. The van der Waals surface area contributed by atoms with Crippen molar-refractivity contribution in [3.8, 4) is 0 Å². The number of nitrogens with one attached hydrogen (secondary N) is 1. The van der Waals surface area contributed by atoms with Gasteiger partial charge in [0.25, 0.3) is 0 Å². The van der Waals surface area contributed by atoms with Crippen LogP contribution in [0.2, 0.25) is 0 Å². The van der Waals surface area contributed by atoms with Crippen molar-refractivity contribution in [1.82, 2.24) is 4.72 Å². The number of ether oxygens (including phenoxy) is 1. The molecule has 0 aromatic heterocycles. The van der Waals surface area contributed by atoms with Gasteiger partial charge in [0, 0.05) is 13.7 Å². The normalized spacial score (nSPS) is 11.6. The van der Waals surface area contributed by atoms with Crippen LogP contribution in [0.4, 0.5) is 4.39 Å². The van der Waals surface area contributed by atoms with Crippen molar-refractivity contribution in [2.45, 2.75) is 25.0 Å². The highest BCUT2D eigenvalue weighted by atomic mass is 32.2. The summed E-state index contributed by atoms with van der Waals surface area (Å²) >= 11 is 0. The second kappa shape index (κ2) is 7.00. The second-order valence-corrected chi connectivity index (χ2v) is 6.67. The summed E-state index contributed by atoms with van der Waals surface area (Å²) in [6.07, 6.45) is 0. The van der Waals surface area contributed by atoms with Gasteiger partial charge in [-0.3, -0.25) is 0 Å². The van der Waals surface area contributed by atoms with E-state index in [1.54, 1.807) is 14.0 Å². The van der Waals surface area contributed by atoms with Gasteiger partial charge in [-0.05, 0) is 35.7 Å². The molecule has 0 radical (unpaired) electrons. The van der Waals surface area contributed by atoms with Gasteiger partial charge in [-0.25, -0.2) is 17.5 Å². The molecule has 2 rings (SSSR count). The number of halogens is 1. The van der Waals surface area contributed by atoms with E-state index in [0.29, 0.717) is 12.2 Å². The molecule has 0 fully saturated rings. The summed E-state index contributed by atoms with van der Waals surface area (Å²) in [5, 5.41) is 0. The molecule has 0 aliphatic heterocycles. The Bertz CT molecular complexity index is 760. The molecule has 2 aromatic rings. The quantitative estimate of drug-likeness (QED) is 0.889. The minimum Gasteiger partial charge on any atom is -0.380 e. The Morgan fingerprint density at radius 3 is 2.50 bits per heavy atom. The molecule has 0 saturated heterocycles. The molecule has 0 saturated carbocycles. The third-order valence-electron chi connectivity index (χ3n) is 3.31. The first-order valence-corrected chi connectivity index (χ1v) is 8.24. The Morgan fingerprint density at radius 1 is 1.14 bits per heavy atom. The van der Waals surface area contributed by atoms with Crippen LogP contribution in [0.15, 0.2) is 47.4 Å². The van der Waals surface area contributed by atoms with Crippen molar-refractivity contribution in [3.63, 3.8) is 0 Å². The minimum absolute atomic E-state index is 0.0447. The number of methoxy groups -OCH3 is 1. The van der Waals surface area contributed by atoms with Gasteiger partial charge in [0.05, 0.1) is 11.5 Å². The third kappa shape index (κ3) is 3.91. The summed E-state index contributed by atoms with van der Waals surface area (Å²) in [4.78, 5) is -0.0447. The molecule has 0 atom stereocenters. The maximum atomic E-state index is 13.3. The van der Waals surface area contributed by atoms with Gasteiger partial charge in [-0.1, -0.05) is 30.3 Å². The predicted octanol–water partition coefficient (Wildman–Crippen LogP) is 2.76. The van der Waals surface area contributed by atoms with Gasteiger partial charge < -0.3 is 4.74 Å². The van der Waals surface area contributed by atoms with Crippen LogP contribution in [0.3, 0.4) is 0 Å². The number of aryl methyl sites for hydroxylation is 1. The van der Waals surface area contributed by atoms with E-state index in [9.17, 15) is 12.8 Å². The number of hydrogen-bond donors (Lipinski definition) is 1. The molecule has 0 spiro atoms. The van der Waals surface area contributed by atoms with E-state index in [0.717, 1.165) is 17.2 Å². The lowest BCUT2D eigenvalue weighted by Crippen LogP contribution is -2.24. The third-order valence-corrected chi connectivity index (χ3v) is 4.85. The summed E-state index contributed by atoms with van der Waals surface area (Å²) in [5.41, 5.74) is 2.23. The summed E-state index contributed by atoms with van der Waals surface area (Å²) < 4.78 is 45.6. The average molecular weight is 323 g/mol. The van der Waals surface area contributed by atoms with Crippen molar-refractivity contribution in [2.24, 2.45) is 0 Å². The van der Waals surface area contributed by atoms with Gasteiger partial charge in [0.2, 0.25) is 10.0 Å². The predicted molar refractivity (Wildman–Crippen MR) is 82.3 cm³/mol. The van der Waals surface area contributed by atoms with E-state index in [-0.39, 0.29) is 11.4 Å². The van der Waals surface area contributed by atoms with Crippen molar-refractivity contribution in [3.05, 3.63) is 65.0 Å². The second-order valence-electron chi connectivity index (χ2n) is 4.94. The lowest BCUT2D eigenvalue weighted by Gasteiger charge is -2.12. The molecule has 1 N–H and O–H groups in total. The Morgan fingerprint density at radius 2 is 1.82 bits per heavy atom. The first-order valence-electron chi connectivity index (χ1n) is 6.75. The first-order chi connectivity index (χ1) is 10.4. The lowest BCUT2D eigenvalue weighted by molar-refractivity contribution is 0.184. The van der Waals surface area contributed by atoms with E-state index >= 15 is 0 Å². The molecule has 4 nitrogen and oxygen atoms in total. The van der Waals surface area contributed by atoms with Gasteiger partial charge in [0.1, 0.15) is 5.82 Å². The zero-order chi connectivity index (χ0) is 16.2. The van der Waals surface area contributed by atoms with Crippen LogP contribution in [-0.2, 0) is 27.9 Å². The van der Waals surface area contributed by atoms with E-state index in [2.05, 4.69) is 4.72 Å². The van der Waals surface area contributed by atoms with Crippen molar-refractivity contribution < 1.29 is 17.5 Å². The fourth-order valence-electron chi connectivity index (χ4n) is 2.14. The monoisotopic (exact) mass is 323 g/mol. The SMILES string of the molecule is COCc1ccccc1CNS(=O)(=O)c1cc(F)ccc1C. The van der Waals surface area contributed by atoms with E-state index in [1.807, 2.05) is 24.3 Å². The molecule has 118 valence electrons. The van der Waals surface area contributed by atoms with Crippen LogP contribution in [0.25, 0.3) is 0 Å². The van der Waals surface area contributed by atoms with E-state index in [1.165, 1.54) is 12.1 Å². The van der Waals surface area contributed by atoms with Crippen LogP contribution in [0, 0.1) is 12.7 Å². The smallest absolute Gasteiger partial charge is 0.241 e. The Balaban J connectivity index is 2.22. The molecule has 6 heteroatoms. The topological polar surface area (TPSA) is 55.4 Å². The Kier molecular flexibility index (Phi) is 5.28. The molecule has 0 bridgehead atoms. The summed E-state index contributed by atoms with van der Waals surface area (Å²) in [6, 6.07) is 11.1. The maximum Gasteiger partial charge on any atom is 0.241 e. The molecule has 0 amide bonds. The standard InChI is InChI=1S/C16H18FNO3S/c1-12-7-8-15(17)9-16(12)22(19,20)18-10-13-5-3-4-6-14(13)11-21-2/h3-9,18H,10-11H2,1-2H3. The number of sulfonamides is 1. The molecular formula is C16H18FNO3S. The molecular weight excluding hydrogens is 305 g/mol. The number of hydrogen-bond acceptors (Lipinski definition) is 3. The van der Waals surface area contributed by atoms with Crippen molar-refractivity contribution in [1.29, 1.82) is 0 Å². The molecule has 22 heavy (non-hydrogen) atoms. The van der Waals surface area contributed by atoms with Crippen LogP contribution in [-0.4, -0.2) is 15.5 Å². The molecule has 0 aliphatic carbocycles. The van der Waals surface area contributed by atoms with E-state index in [4.69, 9.17) is 4.74 Å². The Labute approximate surface area is 130 Å². The fourth-order valence-corrected chi connectivity index (χ4v) is 3.40. The highest BCUT2D eigenvalue weighted by Gasteiger charge is 2.17. The first kappa shape index (κ1) is 16.6. The van der Waals surface area contributed by atoms with Crippen LogP contribution >= 0.6 is 0 Å². The highest BCUT2D eigenvalue weighted by Crippen LogP contribution is 2.17. The Hall–Kier alpha value is -1.76. The van der Waals surface area contributed by atoms with Crippen LogP contribution < -0.4 is 4.72 Å². The van der Waals surface area contributed by atoms with Gasteiger partial charge in [0.15, 0.2) is 0 Å². The highest BCUT2D eigenvalue weighted by molar-refractivity contribution is 7.89. The van der Waals surface area contributed by atoms with Crippen LogP contribution in [0.1, 0.15) is 16.7 Å². The van der Waals surface area contributed by atoms with Gasteiger partial charge in [-0.15, -0.1) is 0 Å². The van der Waals surface area contributed by atoms with Gasteiger partial charge in [-0.2, -0.15) is 0 Å². The van der Waals surface area contributed by atoms with Gasteiger partial charge >= 0.3 is 0 Å². The molecule has 2 aromatic carbocycles. The van der Waals surface area contributed by atoms with E-state index < -0.39 is 15.8 Å². The summed E-state index contributed by atoms with van der Waals surface area (Å²) in [7, 11) is -2.19. The van der Waals surface area contributed by atoms with Crippen molar-refractivity contribution in [2.75, 3.05) is 7.11 Å². The largest absolute Gasteiger partial charge is 0.380 e. The number of benzene rings is 2. The fraction of sp³-hybridized carbons (Fsp3) is 0.250. The average Bonchev–Trinajstić information content (AvgIpc) is 2.49. The molecule has 0 aliphatic rings. The number of rotatable bonds is 6. The zero-order valence-electron chi connectivity index (χ0n) is 12.5. The van der Waals surface area contributed by atoms with Crippen LogP contribution in [0.5, 0.6) is 0 Å². The molecule has 0 unspecified atom stereocenters.